The third kappa shape index (κ3) is 1.18. The second kappa shape index (κ2) is 2.55. The van der Waals surface area contributed by atoms with Crippen molar-refractivity contribution in [3.8, 4) is 5.75 Å². The van der Waals surface area contributed by atoms with Gasteiger partial charge in [-0.3, -0.25) is 10.4 Å². The van der Waals surface area contributed by atoms with Gasteiger partial charge in [-0.15, -0.1) is 5.23 Å². The highest BCUT2D eigenvalue weighted by Crippen LogP contribution is 2.23. The molecule has 0 spiro atoms. The fourth-order valence-corrected chi connectivity index (χ4v) is 0.633. The summed E-state index contributed by atoms with van der Waals surface area (Å²) in [5, 5.41) is 25.7. The molecule has 0 saturated carbocycles. The van der Waals surface area contributed by atoms with Crippen molar-refractivity contribution in [3.63, 3.8) is 0 Å². The summed E-state index contributed by atoms with van der Waals surface area (Å²) in [4.78, 5) is 0. The Morgan fingerprint density at radius 1 is 1.10 bits per heavy atom. The minimum atomic E-state index is -0.174. The lowest BCUT2D eigenvalue weighted by atomic mass is 10.3. The van der Waals surface area contributed by atoms with Crippen molar-refractivity contribution < 1.29 is 15.5 Å². The molecule has 0 amide bonds. The summed E-state index contributed by atoms with van der Waals surface area (Å²) < 4.78 is 0. The summed E-state index contributed by atoms with van der Waals surface area (Å²) in [5.74, 6) is -0.174. The predicted molar refractivity (Wildman–Crippen MR) is 34.2 cm³/mol. The molecule has 0 aliphatic carbocycles. The van der Waals surface area contributed by atoms with Crippen LogP contribution in [-0.4, -0.2) is 15.5 Å². The molecule has 1 aromatic carbocycles. The molecule has 1 rings (SSSR count). The highest BCUT2D eigenvalue weighted by Gasteiger charge is 2.02. The maximum atomic E-state index is 8.92. The van der Waals surface area contributed by atoms with Gasteiger partial charge in [-0.05, 0) is 12.1 Å². The average Bonchev–Trinajstić information content (AvgIpc) is 1.88. The fraction of sp³-hybridized carbons (Fsp3) is 0. The number of aromatic hydroxyl groups is 1. The van der Waals surface area contributed by atoms with Crippen LogP contribution in [0.25, 0.3) is 0 Å². The second-order valence-corrected chi connectivity index (χ2v) is 1.78. The number of para-hydroxylation sites is 2. The number of phenols is 1. The maximum absolute atomic E-state index is 8.92. The molecule has 10 heavy (non-hydrogen) atoms. The van der Waals surface area contributed by atoms with Crippen molar-refractivity contribution in [2.24, 2.45) is 0 Å². The molecule has 0 bridgehead atoms. The number of rotatable bonds is 1. The Morgan fingerprint density at radius 3 is 2.10 bits per heavy atom. The number of phenolic OH excluding ortho intramolecular Hbond substituents is 1. The van der Waals surface area contributed by atoms with Crippen LogP contribution in [0.3, 0.4) is 0 Å². The average molecular weight is 141 g/mol. The van der Waals surface area contributed by atoms with Gasteiger partial charge in [0.2, 0.25) is 0 Å². The SMILES string of the molecule is Oc1ccccc1N(O)O. The van der Waals surface area contributed by atoms with E-state index in [1.807, 2.05) is 0 Å². The molecule has 0 aliphatic rings. The summed E-state index contributed by atoms with van der Waals surface area (Å²) in [7, 11) is 0. The van der Waals surface area contributed by atoms with Crippen LogP contribution >= 0.6 is 0 Å². The van der Waals surface area contributed by atoms with Gasteiger partial charge in [-0.25, -0.2) is 0 Å². The topological polar surface area (TPSA) is 63.9 Å². The summed E-state index contributed by atoms with van der Waals surface area (Å²) in [5.41, 5.74) is -0.0394. The summed E-state index contributed by atoms with van der Waals surface area (Å²) in [6.07, 6.45) is 0. The van der Waals surface area contributed by atoms with Crippen LogP contribution in [0.1, 0.15) is 0 Å². The first-order valence-electron chi connectivity index (χ1n) is 2.67. The van der Waals surface area contributed by atoms with Crippen molar-refractivity contribution >= 4 is 5.69 Å². The highest BCUT2D eigenvalue weighted by molar-refractivity contribution is 5.53. The minimum absolute atomic E-state index is 0.0394. The lowest BCUT2D eigenvalue weighted by Crippen LogP contribution is -2.10. The maximum Gasteiger partial charge on any atom is 0.143 e. The predicted octanol–water partition coefficient (Wildman–Crippen LogP) is 0.977. The standard InChI is InChI=1S/C6H7NO3/c8-6-4-2-1-3-5(6)7(9)10/h1-4,8-10H. The van der Waals surface area contributed by atoms with Crippen LogP contribution in [0, 0.1) is 0 Å². The van der Waals surface area contributed by atoms with Crippen molar-refractivity contribution in [1.82, 2.24) is 0 Å². The first kappa shape index (κ1) is 6.85. The Labute approximate surface area is 57.5 Å². The zero-order chi connectivity index (χ0) is 7.56. The van der Waals surface area contributed by atoms with Crippen molar-refractivity contribution in [2.45, 2.75) is 0 Å². The molecule has 0 saturated heterocycles. The normalized spacial score (nSPS) is 9.40. The highest BCUT2D eigenvalue weighted by atomic mass is 16.8. The van der Waals surface area contributed by atoms with E-state index in [-0.39, 0.29) is 16.7 Å². The van der Waals surface area contributed by atoms with E-state index in [9.17, 15) is 0 Å². The Bertz CT molecular complexity index is 224. The van der Waals surface area contributed by atoms with Gasteiger partial charge in [-0.2, -0.15) is 0 Å². The molecule has 0 atom stereocenters. The zero-order valence-electron chi connectivity index (χ0n) is 5.10. The van der Waals surface area contributed by atoms with Gasteiger partial charge >= 0.3 is 0 Å². The number of benzene rings is 1. The van der Waals surface area contributed by atoms with E-state index in [4.69, 9.17) is 15.5 Å². The van der Waals surface area contributed by atoms with Crippen LogP contribution < -0.4 is 5.23 Å². The van der Waals surface area contributed by atoms with Gasteiger partial charge in [-0.1, -0.05) is 12.1 Å². The monoisotopic (exact) mass is 141 g/mol. The van der Waals surface area contributed by atoms with Crippen molar-refractivity contribution in [2.75, 3.05) is 5.23 Å². The second-order valence-electron chi connectivity index (χ2n) is 1.78. The molecule has 3 N–H and O–H groups in total. The molecule has 4 heteroatoms. The summed E-state index contributed by atoms with van der Waals surface area (Å²) >= 11 is 0. The van der Waals surface area contributed by atoms with E-state index in [2.05, 4.69) is 0 Å². The molecular formula is C6H7NO3. The zero-order valence-corrected chi connectivity index (χ0v) is 5.10. The smallest absolute Gasteiger partial charge is 0.143 e. The van der Waals surface area contributed by atoms with Gasteiger partial charge in [0, 0.05) is 0 Å². The van der Waals surface area contributed by atoms with Crippen LogP contribution in [-0.2, 0) is 0 Å². The summed E-state index contributed by atoms with van der Waals surface area (Å²) in [6, 6.07) is 5.89. The molecule has 0 aliphatic heterocycles. The number of nitrogens with zero attached hydrogens (tertiary/aromatic N) is 1. The number of anilines is 1. The molecule has 0 heterocycles. The molecular weight excluding hydrogens is 134 g/mol. The molecule has 0 unspecified atom stereocenters. The van der Waals surface area contributed by atoms with Crippen LogP contribution in [0.15, 0.2) is 24.3 Å². The Kier molecular flexibility index (Phi) is 1.75. The van der Waals surface area contributed by atoms with Crippen LogP contribution in [0.2, 0.25) is 0 Å². The first-order chi connectivity index (χ1) is 4.72. The van der Waals surface area contributed by atoms with Gasteiger partial charge in [0.05, 0.1) is 0 Å². The Balaban J connectivity index is 3.03. The lowest BCUT2D eigenvalue weighted by molar-refractivity contribution is 0.0280. The lowest BCUT2D eigenvalue weighted by Gasteiger charge is -2.07. The number of hydrogen-bond donors (Lipinski definition) is 3. The van der Waals surface area contributed by atoms with Crippen molar-refractivity contribution in [3.05, 3.63) is 24.3 Å². The van der Waals surface area contributed by atoms with Crippen molar-refractivity contribution in [1.29, 1.82) is 0 Å². The fourth-order valence-electron chi connectivity index (χ4n) is 0.633. The first-order valence-corrected chi connectivity index (χ1v) is 2.67. The third-order valence-corrected chi connectivity index (χ3v) is 1.10. The third-order valence-electron chi connectivity index (χ3n) is 1.10. The quantitative estimate of drug-likeness (QED) is 0.510. The molecule has 4 nitrogen and oxygen atoms in total. The van der Waals surface area contributed by atoms with E-state index < -0.39 is 0 Å². The van der Waals surface area contributed by atoms with E-state index in [0.29, 0.717) is 0 Å². The van der Waals surface area contributed by atoms with Gasteiger partial charge in [0.15, 0.2) is 0 Å². The summed E-state index contributed by atoms with van der Waals surface area (Å²) in [6.45, 7) is 0. The van der Waals surface area contributed by atoms with E-state index in [1.54, 1.807) is 12.1 Å². The van der Waals surface area contributed by atoms with E-state index >= 15 is 0 Å². The van der Waals surface area contributed by atoms with Gasteiger partial charge in [0.1, 0.15) is 11.4 Å². The van der Waals surface area contributed by atoms with Gasteiger partial charge < -0.3 is 5.11 Å². The molecule has 54 valence electrons. The van der Waals surface area contributed by atoms with E-state index in [0.717, 1.165) is 0 Å². The molecule has 1 aromatic rings. The Hall–Kier alpha value is -1.26. The molecule has 0 radical (unpaired) electrons. The Morgan fingerprint density at radius 2 is 1.70 bits per heavy atom. The molecule has 0 aromatic heterocycles. The van der Waals surface area contributed by atoms with Gasteiger partial charge in [0.25, 0.3) is 0 Å². The molecule has 0 fully saturated rings. The van der Waals surface area contributed by atoms with E-state index in [1.165, 1.54) is 12.1 Å². The van der Waals surface area contributed by atoms with Crippen LogP contribution in [0.5, 0.6) is 5.75 Å². The van der Waals surface area contributed by atoms with Crippen LogP contribution in [0.4, 0.5) is 5.69 Å². The largest absolute Gasteiger partial charge is 0.506 e. The number of hydrogen-bond acceptors (Lipinski definition) is 4. The minimum Gasteiger partial charge on any atom is -0.506 e.